The molecule has 0 amide bonds. The summed E-state index contributed by atoms with van der Waals surface area (Å²) in [5, 5.41) is 1.27. The van der Waals surface area contributed by atoms with Crippen molar-refractivity contribution in [1.29, 1.82) is 0 Å². The molecule has 0 aliphatic rings. The molecule has 0 saturated heterocycles. The third-order valence-electron chi connectivity index (χ3n) is 2.58. The van der Waals surface area contributed by atoms with Gasteiger partial charge in [0.2, 0.25) is 0 Å². The molecular weight excluding hydrogens is 232 g/mol. The molecule has 0 N–H and O–H groups in total. The van der Waals surface area contributed by atoms with Crippen molar-refractivity contribution in [2.75, 3.05) is 12.8 Å². The molecule has 0 aliphatic heterocycles. The number of hydrogen-bond acceptors (Lipinski definition) is 3. The van der Waals surface area contributed by atoms with Gasteiger partial charge in [-0.3, -0.25) is 4.79 Å². The van der Waals surface area contributed by atoms with Crippen molar-refractivity contribution in [3.63, 3.8) is 0 Å². The van der Waals surface area contributed by atoms with Crippen LogP contribution in [0.15, 0.2) is 24.3 Å². The van der Waals surface area contributed by atoms with Crippen molar-refractivity contribution in [3.8, 4) is 5.75 Å². The van der Waals surface area contributed by atoms with E-state index in [1.165, 1.54) is 12.1 Å². The van der Waals surface area contributed by atoms with Gasteiger partial charge in [0.1, 0.15) is 13.8 Å². The van der Waals surface area contributed by atoms with Crippen LogP contribution in [0.5, 0.6) is 5.75 Å². The number of rotatable bonds is 5. The lowest BCUT2D eigenvalue weighted by atomic mass is 10.3. The maximum Gasteiger partial charge on any atom is 0.302 e. The average molecular weight is 252 g/mol. The summed E-state index contributed by atoms with van der Waals surface area (Å²) in [6, 6.07) is 8.09. The Morgan fingerprint density at radius 1 is 1.24 bits per heavy atom. The lowest BCUT2D eigenvalue weighted by molar-refractivity contribution is -0.139. The third kappa shape index (κ3) is 4.23. The van der Waals surface area contributed by atoms with E-state index in [4.69, 9.17) is 9.47 Å². The largest absolute Gasteiger partial charge is 0.494 e. The Morgan fingerprint density at radius 2 is 1.82 bits per heavy atom. The predicted octanol–water partition coefficient (Wildman–Crippen LogP) is 2.10. The minimum atomic E-state index is -1.69. The van der Waals surface area contributed by atoms with E-state index in [0.29, 0.717) is 12.8 Å². The number of esters is 1. The fourth-order valence-electron chi connectivity index (χ4n) is 1.53. The van der Waals surface area contributed by atoms with Crippen molar-refractivity contribution < 1.29 is 14.3 Å². The van der Waals surface area contributed by atoms with Gasteiger partial charge < -0.3 is 9.47 Å². The highest BCUT2D eigenvalue weighted by Crippen LogP contribution is 2.11. The molecule has 0 aromatic heterocycles. The summed E-state index contributed by atoms with van der Waals surface area (Å²) in [4.78, 5) is 10.8. The van der Waals surface area contributed by atoms with E-state index in [-0.39, 0.29) is 5.97 Å². The first-order valence-corrected chi connectivity index (χ1v) is 9.03. The van der Waals surface area contributed by atoms with E-state index in [1.54, 1.807) is 0 Å². The van der Waals surface area contributed by atoms with Crippen LogP contribution in [-0.4, -0.2) is 26.9 Å². The van der Waals surface area contributed by atoms with Crippen LogP contribution in [0.1, 0.15) is 13.8 Å². The summed E-state index contributed by atoms with van der Waals surface area (Å²) >= 11 is 0. The second-order valence-corrected chi connectivity index (χ2v) is 9.26. The molecule has 0 spiro atoms. The highest BCUT2D eigenvalue weighted by molar-refractivity contribution is 6.89. The molecule has 0 saturated carbocycles. The zero-order valence-corrected chi connectivity index (χ0v) is 11.9. The summed E-state index contributed by atoms with van der Waals surface area (Å²) in [6.07, 6.45) is 0.524. The van der Waals surface area contributed by atoms with Crippen molar-refractivity contribution in [1.82, 2.24) is 0 Å². The van der Waals surface area contributed by atoms with E-state index in [0.717, 1.165) is 5.75 Å². The second-order valence-electron chi connectivity index (χ2n) is 4.62. The summed E-state index contributed by atoms with van der Waals surface area (Å²) < 4.78 is 10.5. The molecule has 4 heteroatoms. The molecule has 94 valence electrons. The molecule has 1 aromatic rings. The van der Waals surface area contributed by atoms with Crippen LogP contribution in [0, 0.1) is 0 Å². The maximum atomic E-state index is 10.8. The molecule has 0 atom stereocenters. The highest BCUT2D eigenvalue weighted by Gasteiger charge is 2.25. The number of ether oxygens (including phenoxy) is 2. The monoisotopic (exact) mass is 252 g/mol. The van der Waals surface area contributed by atoms with Crippen molar-refractivity contribution in [2.24, 2.45) is 0 Å². The van der Waals surface area contributed by atoms with E-state index >= 15 is 0 Å². The molecule has 0 radical (unpaired) electrons. The summed E-state index contributed by atoms with van der Waals surface area (Å²) in [7, 11) is -1.69. The molecule has 17 heavy (non-hydrogen) atoms. The van der Waals surface area contributed by atoms with Gasteiger partial charge in [-0.25, -0.2) is 0 Å². The average Bonchev–Trinajstić information content (AvgIpc) is 2.28. The van der Waals surface area contributed by atoms with Crippen LogP contribution < -0.4 is 9.92 Å². The zero-order valence-electron chi connectivity index (χ0n) is 10.9. The normalized spacial score (nSPS) is 11.1. The van der Waals surface area contributed by atoms with Crippen LogP contribution in [0.4, 0.5) is 0 Å². The van der Waals surface area contributed by atoms with Crippen LogP contribution in [0.3, 0.4) is 0 Å². The quantitative estimate of drug-likeness (QED) is 0.595. The molecule has 0 unspecified atom stereocenters. The molecule has 0 aliphatic carbocycles. The predicted molar refractivity (Wildman–Crippen MR) is 71.4 cm³/mol. The van der Waals surface area contributed by atoms with Gasteiger partial charge in [0.05, 0.1) is 12.8 Å². The second kappa shape index (κ2) is 5.86. The number of benzene rings is 1. The van der Waals surface area contributed by atoms with Gasteiger partial charge in [-0.15, -0.1) is 0 Å². The van der Waals surface area contributed by atoms with E-state index in [2.05, 4.69) is 25.2 Å². The molecule has 0 heterocycles. The van der Waals surface area contributed by atoms with Crippen LogP contribution >= 0.6 is 0 Å². The Morgan fingerprint density at radius 3 is 2.29 bits per heavy atom. The van der Waals surface area contributed by atoms with Gasteiger partial charge in [-0.2, -0.15) is 0 Å². The summed E-state index contributed by atoms with van der Waals surface area (Å²) in [5.41, 5.74) is 0. The molecule has 3 nitrogen and oxygen atoms in total. The minimum Gasteiger partial charge on any atom is -0.494 e. The third-order valence-corrected chi connectivity index (χ3v) is 5.35. The van der Waals surface area contributed by atoms with E-state index in [1.807, 2.05) is 19.1 Å². The van der Waals surface area contributed by atoms with Gasteiger partial charge in [-0.1, -0.05) is 30.4 Å². The number of carbonyl (C=O) groups is 1. The van der Waals surface area contributed by atoms with Gasteiger partial charge >= 0.3 is 5.97 Å². The fourth-order valence-corrected chi connectivity index (χ4v) is 3.33. The summed E-state index contributed by atoms with van der Waals surface area (Å²) in [5.74, 6) is 0.671. The minimum absolute atomic E-state index is 0.212. The first-order chi connectivity index (χ1) is 7.95. The van der Waals surface area contributed by atoms with Crippen LogP contribution in [0.2, 0.25) is 13.1 Å². The van der Waals surface area contributed by atoms with Gasteiger partial charge in [0.25, 0.3) is 0 Å². The van der Waals surface area contributed by atoms with Crippen molar-refractivity contribution in [3.05, 3.63) is 24.3 Å². The first-order valence-electron chi connectivity index (χ1n) is 5.82. The Labute approximate surface area is 104 Å². The molecular formula is C13H20O3Si. The Bertz CT molecular complexity index is 371. The standard InChI is InChI=1S/C13H20O3Si/c1-5-15-12-6-8-13(9-7-12)17(3,4)10-16-11(2)14/h6-9H,5,10H2,1-4H3. The van der Waals surface area contributed by atoms with Gasteiger partial charge in [-0.05, 0) is 19.1 Å². The van der Waals surface area contributed by atoms with Crippen molar-refractivity contribution >= 4 is 19.2 Å². The van der Waals surface area contributed by atoms with Gasteiger partial charge in [0, 0.05) is 6.92 Å². The molecule has 1 rings (SSSR count). The lowest BCUT2D eigenvalue weighted by Gasteiger charge is -2.22. The number of carbonyl (C=O) groups excluding carboxylic acids is 1. The van der Waals surface area contributed by atoms with Crippen LogP contribution in [-0.2, 0) is 9.53 Å². The van der Waals surface area contributed by atoms with Gasteiger partial charge in [0.15, 0.2) is 0 Å². The van der Waals surface area contributed by atoms with E-state index in [9.17, 15) is 4.79 Å². The SMILES string of the molecule is CCOc1ccc([Si](C)(C)COC(C)=O)cc1. The highest BCUT2D eigenvalue weighted by atomic mass is 28.3. The summed E-state index contributed by atoms with van der Waals surface area (Å²) in [6.45, 7) is 8.46. The Balaban J connectivity index is 2.73. The zero-order chi connectivity index (χ0) is 12.9. The Kier molecular flexibility index (Phi) is 4.75. The maximum absolute atomic E-state index is 10.8. The van der Waals surface area contributed by atoms with Crippen molar-refractivity contribution in [2.45, 2.75) is 26.9 Å². The van der Waals surface area contributed by atoms with E-state index < -0.39 is 8.07 Å². The lowest BCUT2D eigenvalue weighted by Crippen LogP contribution is -2.46. The topological polar surface area (TPSA) is 35.5 Å². The molecule has 0 bridgehead atoms. The molecule has 1 aromatic carbocycles. The molecule has 0 fully saturated rings. The Hall–Kier alpha value is -1.29. The smallest absolute Gasteiger partial charge is 0.302 e. The fraction of sp³-hybridized carbons (Fsp3) is 0.462. The number of hydrogen-bond donors (Lipinski definition) is 0. The first kappa shape index (κ1) is 13.8. The van der Waals surface area contributed by atoms with Crippen LogP contribution in [0.25, 0.3) is 0 Å².